The van der Waals surface area contributed by atoms with Crippen molar-refractivity contribution in [1.29, 1.82) is 0 Å². The highest BCUT2D eigenvalue weighted by Crippen LogP contribution is 2.37. The summed E-state index contributed by atoms with van der Waals surface area (Å²) in [5.74, 6) is 0.944. The highest BCUT2D eigenvalue weighted by atomic mass is 79.9. The monoisotopic (exact) mass is 462 g/mol. The highest BCUT2D eigenvalue weighted by molar-refractivity contribution is 9.10. The smallest absolute Gasteiger partial charge is 0.232 e. The Kier molecular flexibility index (Phi) is 5.55. The molecule has 0 saturated heterocycles. The second-order valence-corrected chi connectivity index (χ2v) is 8.04. The third kappa shape index (κ3) is 4.07. The number of fused-ring (bicyclic) bond motifs is 1. The predicted molar refractivity (Wildman–Crippen MR) is 119 cm³/mol. The molecule has 3 aromatic rings. The number of hydrogen-bond acceptors (Lipinski definition) is 4. The minimum Gasteiger partial charge on any atom is -0.485 e. The van der Waals surface area contributed by atoms with Crippen LogP contribution in [-0.2, 0) is 0 Å². The fourth-order valence-corrected chi connectivity index (χ4v) is 3.58. The molecule has 0 spiro atoms. The Hall–Kier alpha value is -3.18. The van der Waals surface area contributed by atoms with Gasteiger partial charge in [0, 0.05) is 16.1 Å². The third-order valence-electron chi connectivity index (χ3n) is 4.95. The predicted octanol–water partition coefficient (Wildman–Crippen LogP) is 5.94. The number of aryl methyl sites for hydroxylation is 2. The van der Waals surface area contributed by atoms with Gasteiger partial charge in [-0.05, 0) is 54.8 Å². The quantitative estimate of drug-likeness (QED) is 0.347. The van der Waals surface area contributed by atoms with Gasteiger partial charge in [0.2, 0.25) is 5.78 Å². The summed E-state index contributed by atoms with van der Waals surface area (Å²) >= 11 is 3.35. The van der Waals surface area contributed by atoms with Gasteiger partial charge in [-0.3, -0.25) is 9.59 Å². The van der Waals surface area contributed by atoms with E-state index in [0.717, 1.165) is 21.2 Å². The van der Waals surface area contributed by atoms with Crippen LogP contribution in [0.4, 0.5) is 0 Å². The van der Waals surface area contributed by atoms with Gasteiger partial charge in [-0.15, -0.1) is 0 Å². The Morgan fingerprint density at radius 3 is 2.50 bits per heavy atom. The van der Waals surface area contributed by atoms with Gasteiger partial charge in [0.25, 0.3) is 0 Å². The highest BCUT2D eigenvalue weighted by Gasteiger charge is 2.30. The molecule has 0 amide bonds. The number of halogens is 1. The number of Topliss-reactive ketones (excluding diaryl/α,β-unsaturated/α-hetero) is 2. The van der Waals surface area contributed by atoms with Gasteiger partial charge in [-0.2, -0.15) is 0 Å². The average Bonchev–Trinajstić information content (AvgIpc) is 3.04. The maximum Gasteiger partial charge on any atom is 0.232 e. The van der Waals surface area contributed by atoms with Crippen molar-refractivity contribution >= 4 is 33.6 Å². The molecule has 3 aromatic carbocycles. The molecule has 30 heavy (non-hydrogen) atoms. The van der Waals surface area contributed by atoms with Crippen molar-refractivity contribution in [2.45, 2.75) is 13.8 Å². The fourth-order valence-electron chi connectivity index (χ4n) is 3.32. The van der Waals surface area contributed by atoms with Crippen LogP contribution in [0, 0.1) is 13.8 Å². The van der Waals surface area contributed by atoms with E-state index in [2.05, 4.69) is 15.9 Å². The summed E-state index contributed by atoms with van der Waals surface area (Å²) < 4.78 is 12.4. The SMILES string of the molecule is Cc1ccccc1/C=C1\Oc2cc(OCC(=O)c3ccc(Br)cc3)cc(C)c2C1=O. The van der Waals surface area contributed by atoms with Crippen LogP contribution in [0.3, 0.4) is 0 Å². The van der Waals surface area contributed by atoms with Crippen molar-refractivity contribution in [3.63, 3.8) is 0 Å². The first kappa shape index (κ1) is 20.1. The van der Waals surface area contributed by atoms with E-state index in [4.69, 9.17) is 9.47 Å². The normalized spacial score (nSPS) is 13.8. The molecule has 1 aliphatic rings. The van der Waals surface area contributed by atoms with Gasteiger partial charge < -0.3 is 9.47 Å². The van der Waals surface area contributed by atoms with Crippen LogP contribution in [0.5, 0.6) is 11.5 Å². The summed E-state index contributed by atoms with van der Waals surface area (Å²) in [7, 11) is 0. The maximum absolute atomic E-state index is 12.8. The van der Waals surface area contributed by atoms with Gasteiger partial charge in [0.15, 0.2) is 18.1 Å². The second-order valence-electron chi connectivity index (χ2n) is 7.13. The van der Waals surface area contributed by atoms with Crippen LogP contribution >= 0.6 is 15.9 Å². The maximum atomic E-state index is 12.8. The second kappa shape index (κ2) is 8.28. The van der Waals surface area contributed by atoms with E-state index in [-0.39, 0.29) is 23.9 Å². The van der Waals surface area contributed by atoms with E-state index in [1.54, 1.807) is 30.3 Å². The van der Waals surface area contributed by atoms with Gasteiger partial charge >= 0.3 is 0 Å². The Bertz CT molecular complexity index is 1180. The Labute approximate surface area is 183 Å². The molecule has 0 unspecified atom stereocenters. The van der Waals surface area contributed by atoms with Crippen LogP contribution in [0.25, 0.3) is 6.08 Å². The van der Waals surface area contributed by atoms with Gasteiger partial charge in [0.05, 0.1) is 5.56 Å². The van der Waals surface area contributed by atoms with Crippen LogP contribution in [-0.4, -0.2) is 18.2 Å². The zero-order valence-corrected chi connectivity index (χ0v) is 18.2. The van der Waals surface area contributed by atoms with Gasteiger partial charge in [-0.25, -0.2) is 0 Å². The number of ketones is 2. The molecule has 150 valence electrons. The summed E-state index contributed by atoms with van der Waals surface area (Å²) in [4.78, 5) is 25.2. The van der Waals surface area contributed by atoms with E-state index in [0.29, 0.717) is 22.6 Å². The molecule has 0 radical (unpaired) electrons. The zero-order valence-electron chi connectivity index (χ0n) is 16.6. The molecule has 0 aliphatic carbocycles. The van der Waals surface area contributed by atoms with Crippen molar-refractivity contribution in [2.24, 2.45) is 0 Å². The Morgan fingerprint density at radius 2 is 1.77 bits per heavy atom. The summed E-state index contributed by atoms with van der Waals surface area (Å²) in [6.07, 6.45) is 1.76. The first-order chi connectivity index (χ1) is 14.4. The Balaban J connectivity index is 1.53. The van der Waals surface area contributed by atoms with E-state index in [1.165, 1.54) is 0 Å². The lowest BCUT2D eigenvalue weighted by atomic mass is 10.0. The summed E-state index contributed by atoms with van der Waals surface area (Å²) in [6.45, 7) is 3.72. The first-order valence-corrected chi connectivity index (χ1v) is 10.3. The number of carbonyl (C=O) groups excluding carboxylic acids is 2. The summed E-state index contributed by atoms with van der Waals surface area (Å²) in [5, 5.41) is 0. The van der Waals surface area contributed by atoms with Gasteiger partial charge in [-0.1, -0.05) is 52.3 Å². The molecule has 0 aromatic heterocycles. The third-order valence-corrected chi connectivity index (χ3v) is 5.48. The van der Waals surface area contributed by atoms with Crippen molar-refractivity contribution in [3.05, 3.63) is 98.7 Å². The van der Waals surface area contributed by atoms with E-state index in [1.807, 2.05) is 50.2 Å². The van der Waals surface area contributed by atoms with E-state index < -0.39 is 0 Å². The summed E-state index contributed by atoms with van der Waals surface area (Å²) in [6, 6.07) is 18.3. The molecule has 0 N–H and O–H groups in total. The topological polar surface area (TPSA) is 52.6 Å². The fraction of sp³-hybridized carbons (Fsp3) is 0.120. The van der Waals surface area contributed by atoms with Crippen LogP contribution in [0.15, 0.2) is 70.9 Å². The van der Waals surface area contributed by atoms with Crippen molar-refractivity contribution in [2.75, 3.05) is 6.61 Å². The molecule has 5 heteroatoms. The number of allylic oxidation sites excluding steroid dienone is 1. The van der Waals surface area contributed by atoms with Crippen molar-refractivity contribution < 1.29 is 19.1 Å². The molecule has 4 rings (SSSR count). The lowest BCUT2D eigenvalue weighted by Gasteiger charge is -2.09. The first-order valence-electron chi connectivity index (χ1n) is 9.48. The molecule has 1 aliphatic heterocycles. The molecular weight excluding hydrogens is 444 g/mol. The molecule has 0 atom stereocenters. The number of carbonyl (C=O) groups is 2. The van der Waals surface area contributed by atoms with Crippen LogP contribution in [0.2, 0.25) is 0 Å². The van der Waals surface area contributed by atoms with Crippen LogP contribution in [0.1, 0.15) is 37.4 Å². The largest absolute Gasteiger partial charge is 0.485 e. The van der Waals surface area contributed by atoms with E-state index in [9.17, 15) is 9.59 Å². The number of ether oxygens (including phenoxy) is 2. The van der Waals surface area contributed by atoms with Crippen molar-refractivity contribution in [3.8, 4) is 11.5 Å². The average molecular weight is 463 g/mol. The van der Waals surface area contributed by atoms with E-state index >= 15 is 0 Å². The van der Waals surface area contributed by atoms with Crippen LogP contribution < -0.4 is 9.47 Å². The lowest BCUT2D eigenvalue weighted by molar-refractivity contribution is 0.0920. The van der Waals surface area contributed by atoms with Crippen molar-refractivity contribution in [1.82, 2.24) is 0 Å². The number of rotatable bonds is 5. The number of benzene rings is 3. The lowest BCUT2D eigenvalue weighted by Crippen LogP contribution is -2.11. The number of hydrogen-bond donors (Lipinski definition) is 0. The molecule has 4 nitrogen and oxygen atoms in total. The van der Waals surface area contributed by atoms with Gasteiger partial charge in [0.1, 0.15) is 11.5 Å². The zero-order chi connectivity index (χ0) is 21.3. The molecule has 0 saturated carbocycles. The molecular formula is C25H19BrO4. The Morgan fingerprint density at radius 1 is 1.03 bits per heavy atom. The summed E-state index contributed by atoms with van der Waals surface area (Å²) in [5.41, 5.74) is 3.84. The molecule has 1 heterocycles. The molecule has 0 bridgehead atoms. The standard InChI is InChI=1S/C25H19BrO4/c1-15-5-3-4-6-18(15)12-23-25(28)24-16(2)11-20(13-22(24)30-23)29-14-21(27)17-7-9-19(26)10-8-17/h3-13H,14H2,1-2H3/b23-12-. The molecule has 0 fully saturated rings. The minimum atomic E-state index is -0.150. The minimum absolute atomic E-state index is 0.0975.